The third kappa shape index (κ3) is 3.89. The molecule has 2 unspecified atom stereocenters. The van der Waals surface area contributed by atoms with Gasteiger partial charge in [-0.3, -0.25) is 0 Å². The summed E-state index contributed by atoms with van der Waals surface area (Å²) in [6.45, 7) is 1.24. The molecular formula is C10H14ClFN2O3S. The van der Waals surface area contributed by atoms with Gasteiger partial charge in [0.2, 0.25) is 10.0 Å². The maximum Gasteiger partial charge on any atom is 0.243 e. The summed E-state index contributed by atoms with van der Waals surface area (Å²) < 4.78 is 39.1. The van der Waals surface area contributed by atoms with Gasteiger partial charge in [0.1, 0.15) is 10.7 Å². The van der Waals surface area contributed by atoms with Gasteiger partial charge in [0.25, 0.3) is 0 Å². The monoisotopic (exact) mass is 296 g/mol. The first-order valence-electron chi connectivity index (χ1n) is 5.12. The molecule has 0 amide bonds. The van der Waals surface area contributed by atoms with Gasteiger partial charge in [0, 0.05) is 17.6 Å². The maximum absolute atomic E-state index is 13.4. The van der Waals surface area contributed by atoms with E-state index in [9.17, 15) is 12.8 Å². The molecule has 102 valence electrons. The lowest BCUT2D eigenvalue weighted by molar-refractivity contribution is 0.164. The first-order valence-corrected chi connectivity index (χ1v) is 6.98. The van der Waals surface area contributed by atoms with Crippen LogP contribution in [0.1, 0.15) is 6.92 Å². The van der Waals surface area contributed by atoms with Gasteiger partial charge >= 0.3 is 0 Å². The molecule has 4 N–H and O–H groups in total. The van der Waals surface area contributed by atoms with Crippen LogP contribution in [0.3, 0.4) is 0 Å². The van der Waals surface area contributed by atoms with Crippen LogP contribution in [-0.4, -0.2) is 32.2 Å². The van der Waals surface area contributed by atoms with Crippen molar-refractivity contribution in [2.45, 2.75) is 24.0 Å². The Morgan fingerprint density at radius 3 is 2.67 bits per heavy atom. The van der Waals surface area contributed by atoms with E-state index in [0.717, 1.165) is 12.1 Å². The average molecular weight is 297 g/mol. The van der Waals surface area contributed by atoms with Gasteiger partial charge in [-0.15, -0.1) is 0 Å². The molecule has 0 saturated heterocycles. The lowest BCUT2D eigenvalue weighted by atomic mass is 10.2. The third-order valence-electron chi connectivity index (χ3n) is 2.31. The number of rotatable bonds is 5. The van der Waals surface area contributed by atoms with E-state index in [-0.39, 0.29) is 11.6 Å². The smallest absolute Gasteiger partial charge is 0.243 e. The summed E-state index contributed by atoms with van der Waals surface area (Å²) >= 11 is 5.53. The predicted molar refractivity (Wildman–Crippen MR) is 66.3 cm³/mol. The minimum Gasteiger partial charge on any atom is -0.392 e. The zero-order chi connectivity index (χ0) is 13.9. The number of benzene rings is 1. The van der Waals surface area contributed by atoms with Crippen LogP contribution >= 0.6 is 11.6 Å². The number of sulfonamides is 1. The summed E-state index contributed by atoms with van der Waals surface area (Å²) in [5.41, 5.74) is 5.47. The van der Waals surface area contributed by atoms with Crippen LogP contribution in [0.25, 0.3) is 0 Å². The van der Waals surface area contributed by atoms with E-state index >= 15 is 0 Å². The van der Waals surface area contributed by atoms with Crippen molar-refractivity contribution < 1.29 is 17.9 Å². The van der Waals surface area contributed by atoms with Gasteiger partial charge in [-0.05, 0) is 25.1 Å². The van der Waals surface area contributed by atoms with Crippen LogP contribution in [0.15, 0.2) is 23.1 Å². The van der Waals surface area contributed by atoms with Gasteiger partial charge in [-0.1, -0.05) is 11.6 Å². The molecule has 0 aliphatic carbocycles. The van der Waals surface area contributed by atoms with Crippen molar-refractivity contribution in [3.05, 3.63) is 29.0 Å². The van der Waals surface area contributed by atoms with Crippen LogP contribution in [0.4, 0.5) is 4.39 Å². The maximum atomic E-state index is 13.4. The van der Waals surface area contributed by atoms with E-state index in [1.165, 1.54) is 13.0 Å². The topological polar surface area (TPSA) is 92.4 Å². The molecule has 2 atom stereocenters. The van der Waals surface area contributed by atoms with Crippen molar-refractivity contribution in [1.82, 2.24) is 4.72 Å². The number of halogens is 2. The Morgan fingerprint density at radius 2 is 2.17 bits per heavy atom. The molecule has 0 heterocycles. The predicted octanol–water partition coefficient (Wildman–Crippen LogP) is 0.466. The Bertz CT molecular complexity index is 522. The van der Waals surface area contributed by atoms with Crippen LogP contribution in [0.2, 0.25) is 5.02 Å². The highest BCUT2D eigenvalue weighted by Crippen LogP contribution is 2.18. The van der Waals surface area contributed by atoms with E-state index in [1.54, 1.807) is 0 Å². The number of nitrogens with two attached hydrogens (primary N) is 1. The molecule has 5 nitrogen and oxygen atoms in total. The fraction of sp³-hybridized carbons (Fsp3) is 0.400. The van der Waals surface area contributed by atoms with Crippen molar-refractivity contribution in [3.63, 3.8) is 0 Å². The number of nitrogens with one attached hydrogen (secondary N) is 1. The van der Waals surface area contributed by atoms with Gasteiger partial charge in [-0.25, -0.2) is 17.5 Å². The quantitative estimate of drug-likeness (QED) is 0.736. The SMILES string of the molecule is CC(O)C(N)CNS(=O)(=O)c1ccc(Cl)cc1F. The molecule has 0 aromatic heterocycles. The van der Waals surface area contributed by atoms with E-state index in [4.69, 9.17) is 22.4 Å². The molecule has 0 aliphatic heterocycles. The second kappa shape index (κ2) is 5.94. The second-order valence-electron chi connectivity index (χ2n) is 3.83. The lowest BCUT2D eigenvalue weighted by Gasteiger charge is -2.15. The number of hydrogen-bond donors (Lipinski definition) is 3. The highest BCUT2D eigenvalue weighted by Gasteiger charge is 2.20. The Morgan fingerprint density at radius 1 is 1.56 bits per heavy atom. The minimum atomic E-state index is -4.01. The standard InChI is InChI=1S/C10H14ClFN2O3S/c1-6(15)9(13)5-14-18(16,17)10-3-2-7(11)4-8(10)12/h2-4,6,9,14-15H,5,13H2,1H3. The Kier molecular flexibility index (Phi) is 5.06. The molecule has 0 saturated carbocycles. The largest absolute Gasteiger partial charge is 0.392 e. The number of hydrogen-bond acceptors (Lipinski definition) is 4. The van der Waals surface area contributed by atoms with Gasteiger partial charge in [-0.2, -0.15) is 0 Å². The van der Waals surface area contributed by atoms with Gasteiger partial charge in [0.15, 0.2) is 0 Å². The van der Waals surface area contributed by atoms with E-state index in [0.29, 0.717) is 0 Å². The normalized spacial score (nSPS) is 15.4. The highest BCUT2D eigenvalue weighted by molar-refractivity contribution is 7.89. The summed E-state index contributed by atoms with van der Waals surface area (Å²) in [6, 6.07) is 2.47. The van der Waals surface area contributed by atoms with E-state index < -0.39 is 32.9 Å². The zero-order valence-electron chi connectivity index (χ0n) is 9.60. The lowest BCUT2D eigenvalue weighted by Crippen LogP contribution is -2.43. The average Bonchev–Trinajstić information content (AvgIpc) is 2.25. The summed E-state index contributed by atoms with van der Waals surface area (Å²) in [7, 11) is -4.01. The minimum absolute atomic E-state index is 0.104. The van der Waals surface area contributed by atoms with Gasteiger partial charge in [0.05, 0.1) is 6.10 Å². The molecule has 0 bridgehead atoms. The molecule has 1 rings (SSSR count). The summed E-state index contributed by atoms with van der Waals surface area (Å²) in [4.78, 5) is -0.510. The highest BCUT2D eigenvalue weighted by atomic mass is 35.5. The Balaban J connectivity index is 2.87. The van der Waals surface area contributed by atoms with Crippen molar-refractivity contribution in [2.75, 3.05) is 6.54 Å². The molecule has 0 radical (unpaired) electrons. The molecule has 18 heavy (non-hydrogen) atoms. The van der Waals surface area contributed by atoms with Crippen molar-refractivity contribution in [3.8, 4) is 0 Å². The molecule has 0 aliphatic rings. The van der Waals surface area contributed by atoms with Crippen LogP contribution in [0, 0.1) is 5.82 Å². The fourth-order valence-electron chi connectivity index (χ4n) is 1.15. The summed E-state index contributed by atoms with van der Waals surface area (Å²) in [6.07, 6.45) is -0.872. The first-order chi connectivity index (χ1) is 8.24. The molecule has 0 spiro atoms. The van der Waals surface area contributed by atoms with E-state index in [2.05, 4.69) is 4.72 Å². The van der Waals surface area contributed by atoms with Crippen LogP contribution < -0.4 is 10.5 Å². The van der Waals surface area contributed by atoms with Crippen molar-refractivity contribution in [1.29, 1.82) is 0 Å². The Labute approximate surface area is 110 Å². The third-order valence-corrected chi connectivity index (χ3v) is 4.00. The molecule has 8 heteroatoms. The summed E-state index contributed by atoms with van der Waals surface area (Å²) in [5, 5.41) is 9.23. The number of aliphatic hydroxyl groups is 1. The van der Waals surface area contributed by atoms with Gasteiger partial charge < -0.3 is 10.8 Å². The molecular weight excluding hydrogens is 283 g/mol. The van der Waals surface area contributed by atoms with Crippen LogP contribution in [0.5, 0.6) is 0 Å². The first kappa shape index (κ1) is 15.3. The molecule has 1 aromatic carbocycles. The second-order valence-corrected chi connectivity index (χ2v) is 6.00. The Hall–Kier alpha value is -0.730. The van der Waals surface area contributed by atoms with Crippen molar-refractivity contribution in [2.24, 2.45) is 5.73 Å². The van der Waals surface area contributed by atoms with E-state index in [1.807, 2.05) is 0 Å². The summed E-state index contributed by atoms with van der Waals surface area (Å²) in [5.74, 6) is -0.944. The number of aliphatic hydroxyl groups excluding tert-OH is 1. The molecule has 1 aromatic rings. The zero-order valence-corrected chi connectivity index (χ0v) is 11.2. The van der Waals surface area contributed by atoms with Crippen LogP contribution in [-0.2, 0) is 10.0 Å². The fourth-order valence-corrected chi connectivity index (χ4v) is 2.44. The molecule has 0 fully saturated rings. The van der Waals surface area contributed by atoms with Crippen molar-refractivity contribution >= 4 is 21.6 Å².